The van der Waals surface area contributed by atoms with Gasteiger partial charge in [0.25, 0.3) is 0 Å². The molecule has 4 nitrogen and oxygen atoms in total. The smallest absolute Gasteiger partial charge is 0.765 e. The van der Waals surface area contributed by atoms with Crippen molar-refractivity contribution in [3.63, 3.8) is 0 Å². The average molecular weight is 310 g/mol. The van der Waals surface area contributed by atoms with E-state index in [0.29, 0.717) is 11.3 Å². The van der Waals surface area contributed by atoms with Gasteiger partial charge in [0.1, 0.15) is 5.75 Å². The SMILES string of the molecule is Cc1cc(C)c(OP([O-])OC(=O)c2ccccc2)c(C)c1.[Li+]. The number of hydrogen-bond acceptors (Lipinski definition) is 4. The van der Waals surface area contributed by atoms with E-state index in [4.69, 9.17) is 9.05 Å². The van der Waals surface area contributed by atoms with Crippen molar-refractivity contribution in [3.8, 4) is 5.75 Å². The molecular weight excluding hydrogens is 294 g/mol. The van der Waals surface area contributed by atoms with Crippen LogP contribution in [-0.4, -0.2) is 5.97 Å². The first-order valence-electron chi connectivity index (χ1n) is 6.48. The van der Waals surface area contributed by atoms with Gasteiger partial charge in [-0.2, -0.15) is 0 Å². The topological polar surface area (TPSA) is 58.6 Å². The van der Waals surface area contributed by atoms with Gasteiger partial charge in [-0.3, -0.25) is 0 Å². The molecule has 1 unspecified atom stereocenters. The summed E-state index contributed by atoms with van der Waals surface area (Å²) in [5.74, 6) is -0.179. The van der Waals surface area contributed by atoms with E-state index in [0.717, 1.165) is 16.7 Å². The van der Waals surface area contributed by atoms with Crippen molar-refractivity contribution in [3.05, 3.63) is 64.7 Å². The Bertz CT molecular complexity index is 623. The summed E-state index contributed by atoms with van der Waals surface area (Å²) in [6.07, 6.45) is 0. The Morgan fingerprint density at radius 2 is 1.59 bits per heavy atom. The molecule has 6 heteroatoms. The predicted octanol–water partition coefficient (Wildman–Crippen LogP) is 0.439. The summed E-state index contributed by atoms with van der Waals surface area (Å²) in [5.41, 5.74) is 3.13. The van der Waals surface area contributed by atoms with E-state index in [1.807, 2.05) is 32.9 Å². The van der Waals surface area contributed by atoms with Crippen molar-refractivity contribution in [1.82, 2.24) is 0 Å². The average Bonchev–Trinajstić information content (AvgIpc) is 2.43. The maximum absolute atomic E-state index is 11.9. The molecule has 2 aromatic rings. The first-order valence-corrected chi connectivity index (χ1v) is 7.57. The summed E-state index contributed by atoms with van der Waals surface area (Å²) >= 11 is 0. The molecule has 0 aliphatic heterocycles. The maximum Gasteiger partial charge on any atom is 1.00 e. The summed E-state index contributed by atoms with van der Waals surface area (Å²) in [6.45, 7) is 5.69. The third-order valence-electron chi connectivity index (χ3n) is 2.94. The molecule has 0 amide bonds. The minimum absolute atomic E-state index is 0. The molecule has 0 heterocycles. The molecule has 0 fully saturated rings. The van der Waals surface area contributed by atoms with E-state index in [1.54, 1.807) is 30.3 Å². The fourth-order valence-corrected chi connectivity index (χ4v) is 2.81. The van der Waals surface area contributed by atoms with Gasteiger partial charge in [0.2, 0.25) is 8.60 Å². The van der Waals surface area contributed by atoms with Crippen LogP contribution in [-0.2, 0) is 4.52 Å². The molecule has 0 bridgehead atoms. The Balaban J connectivity index is 0.00000242. The monoisotopic (exact) mass is 310 g/mol. The Hall–Kier alpha value is -1.30. The molecule has 22 heavy (non-hydrogen) atoms. The minimum Gasteiger partial charge on any atom is -0.765 e. The Morgan fingerprint density at radius 3 is 2.14 bits per heavy atom. The van der Waals surface area contributed by atoms with Crippen LogP contribution < -0.4 is 28.3 Å². The van der Waals surface area contributed by atoms with Gasteiger partial charge in [0.15, 0.2) is 0 Å². The van der Waals surface area contributed by atoms with Crippen LogP contribution in [0.15, 0.2) is 42.5 Å². The molecule has 2 aromatic carbocycles. The zero-order chi connectivity index (χ0) is 15.4. The van der Waals surface area contributed by atoms with Gasteiger partial charge in [-0.25, -0.2) is 4.79 Å². The maximum atomic E-state index is 11.9. The van der Waals surface area contributed by atoms with E-state index in [2.05, 4.69) is 0 Å². The van der Waals surface area contributed by atoms with Crippen LogP contribution >= 0.6 is 8.60 Å². The van der Waals surface area contributed by atoms with Crippen LogP contribution in [0.1, 0.15) is 27.0 Å². The van der Waals surface area contributed by atoms with Crippen molar-refractivity contribution in [2.75, 3.05) is 0 Å². The van der Waals surface area contributed by atoms with Crippen molar-refractivity contribution in [2.24, 2.45) is 0 Å². The standard InChI is InChI=1S/C16H16O4P.Li/c1-11-9-12(2)15(13(3)10-11)19-21(18)20-16(17)14-7-5-4-6-8-14;/h4-10H,1-3H3;/q-1;+1. The zero-order valence-corrected chi connectivity index (χ0v) is 14.0. The van der Waals surface area contributed by atoms with Gasteiger partial charge in [-0.05, 0) is 44.0 Å². The van der Waals surface area contributed by atoms with Gasteiger partial charge in [0, 0.05) is 0 Å². The molecule has 110 valence electrons. The van der Waals surface area contributed by atoms with E-state index in [9.17, 15) is 9.69 Å². The molecule has 2 rings (SSSR count). The molecule has 0 spiro atoms. The van der Waals surface area contributed by atoms with Gasteiger partial charge in [-0.15, -0.1) is 0 Å². The van der Waals surface area contributed by atoms with Gasteiger partial charge in [-0.1, -0.05) is 35.9 Å². The number of benzene rings is 2. The van der Waals surface area contributed by atoms with Crippen molar-refractivity contribution < 1.29 is 37.6 Å². The summed E-state index contributed by atoms with van der Waals surface area (Å²) in [7, 11) is -2.56. The molecule has 0 aromatic heterocycles. The van der Waals surface area contributed by atoms with Crippen LogP contribution in [0.5, 0.6) is 5.75 Å². The van der Waals surface area contributed by atoms with E-state index in [1.165, 1.54) is 0 Å². The van der Waals surface area contributed by atoms with Gasteiger partial charge in [0.05, 0.1) is 5.56 Å². The van der Waals surface area contributed by atoms with Crippen LogP contribution in [0.3, 0.4) is 0 Å². The Labute approximate surface area is 143 Å². The minimum atomic E-state index is -2.56. The Kier molecular flexibility index (Phi) is 7.12. The van der Waals surface area contributed by atoms with E-state index in [-0.39, 0.29) is 18.9 Å². The summed E-state index contributed by atoms with van der Waals surface area (Å²) < 4.78 is 10.1. The number of hydrogen-bond donors (Lipinski definition) is 0. The van der Waals surface area contributed by atoms with E-state index >= 15 is 0 Å². The predicted molar refractivity (Wildman–Crippen MR) is 80.1 cm³/mol. The fraction of sp³-hybridized carbons (Fsp3) is 0.188. The molecule has 0 saturated carbocycles. The largest absolute Gasteiger partial charge is 1.00 e. The second kappa shape index (κ2) is 8.36. The molecule has 0 saturated heterocycles. The number of rotatable bonds is 4. The first-order chi connectivity index (χ1) is 9.97. The van der Waals surface area contributed by atoms with Crippen LogP contribution in [0, 0.1) is 20.8 Å². The summed E-state index contributed by atoms with van der Waals surface area (Å²) in [5, 5.41) is 0. The first kappa shape index (κ1) is 18.7. The fourth-order valence-electron chi connectivity index (χ4n) is 2.10. The van der Waals surface area contributed by atoms with Crippen LogP contribution in [0.4, 0.5) is 0 Å². The molecule has 0 radical (unpaired) electrons. The van der Waals surface area contributed by atoms with Gasteiger partial charge < -0.3 is 13.9 Å². The second-order valence-electron chi connectivity index (χ2n) is 4.79. The number of aryl methyl sites for hydroxylation is 3. The van der Waals surface area contributed by atoms with Crippen LogP contribution in [0.25, 0.3) is 0 Å². The molecule has 1 atom stereocenters. The van der Waals surface area contributed by atoms with Crippen LogP contribution in [0.2, 0.25) is 0 Å². The van der Waals surface area contributed by atoms with Crippen molar-refractivity contribution >= 4 is 14.6 Å². The second-order valence-corrected chi connectivity index (χ2v) is 5.60. The molecule has 0 N–H and O–H groups in total. The molecule has 0 aliphatic rings. The quantitative estimate of drug-likeness (QED) is 0.607. The third kappa shape index (κ3) is 4.86. The number of carbonyl (C=O) groups excluding carboxylic acids is 1. The molecule has 0 aliphatic carbocycles. The summed E-state index contributed by atoms with van der Waals surface area (Å²) in [4.78, 5) is 23.7. The number of carbonyl (C=O) groups is 1. The third-order valence-corrected chi connectivity index (χ3v) is 3.58. The normalized spacial score (nSPS) is 11.3. The van der Waals surface area contributed by atoms with Gasteiger partial charge >= 0.3 is 24.8 Å². The molecular formula is C16H16LiO4P. The Morgan fingerprint density at radius 1 is 1.05 bits per heavy atom. The van der Waals surface area contributed by atoms with Crippen molar-refractivity contribution in [2.45, 2.75) is 20.8 Å². The van der Waals surface area contributed by atoms with E-state index < -0.39 is 14.6 Å². The summed E-state index contributed by atoms with van der Waals surface area (Å²) in [6, 6.07) is 12.2. The van der Waals surface area contributed by atoms with Crippen molar-refractivity contribution in [1.29, 1.82) is 0 Å². The zero-order valence-electron chi connectivity index (χ0n) is 13.1.